The first-order chi connectivity index (χ1) is 8.72. The van der Waals surface area contributed by atoms with Gasteiger partial charge in [-0.2, -0.15) is 0 Å². The van der Waals surface area contributed by atoms with Crippen molar-refractivity contribution in [1.82, 2.24) is 5.32 Å². The number of rotatable bonds is 4. The highest BCUT2D eigenvalue weighted by Gasteiger charge is 2.26. The van der Waals surface area contributed by atoms with E-state index >= 15 is 0 Å². The Morgan fingerprint density at radius 3 is 2.72 bits per heavy atom. The van der Waals surface area contributed by atoms with Crippen LogP contribution in [0.15, 0.2) is 18.2 Å². The van der Waals surface area contributed by atoms with Crippen LogP contribution in [0.4, 0.5) is 0 Å². The van der Waals surface area contributed by atoms with Crippen molar-refractivity contribution in [2.45, 2.75) is 25.8 Å². The van der Waals surface area contributed by atoms with Crippen molar-refractivity contribution in [2.24, 2.45) is 5.92 Å². The minimum Gasteiger partial charge on any atom is -0.381 e. The molecule has 0 bridgehead atoms. The van der Waals surface area contributed by atoms with E-state index in [0.717, 1.165) is 48.2 Å². The van der Waals surface area contributed by atoms with Gasteiger partial charge in [-0.25, -0.2) is 0 Å². The van der Waals surface area contributed by atoms with Crippen LogP contribution in [0.2, 0.25) is 10.0 Å². The molecule has 18 heavy (non-hydrogen) atoms. The van der Waals surface area contributed by atoms with Gasteiger partial charge in [0.2, 0.25) is 0 Å². The Morgan fingerprint density at radius 2 is 2.06 bits per heavy atom. The molecule has 2 atom stereocenters. The van der Waals surface area contributed by atoms with Crippen LogP contribution >= 0.6 is 23.2 Å². The van der Waals surface area contributed by atoms with Crippen LogP contribution in [0.25, 0.3) is 0 Å². The molecule has 0 spiro atoms. The molecule has 1 heterocycles. The normalized spacial score (nSPS) is 24.2. The molecule has 1 saturated heterocycles. The van der Waals surface area contributed by atoms with Crippen molar-refractivity contribution in [3.63, 3.8) is 0 Å². The Bertz CT molecular complexity index is 375. The Labute approximate surface area is 119 Å². The van der Waals surface area contributed by atoms with Gasteiger partial charge in [-0.1, -0.05) is 36.2 Å². The average molecular weight is 288 g/mol. The molecule has 2 nitrogen and oxygen atoms in total. The third-order valence-electron chi connectivity index (χ3n) is 3.47. The van der Waals surface area contributed by atoms with Gasteiger partial charge in [0.15, 0.2) is 0 Å². The second-order valence-corrected chi connectivity index (χ2v) is 5.51. The van der Waals surface area contributed by atoms with Gasteiger partial charge in [0.25, 0.3) is 0 Å². The van der Waals surface area contributed by atoms with Gasteiger partial charge < -0.3 is 10.1 Å². The Hall–Kier alpha value is -0.280. The minimum absolute atomic E-state index is 0.441. The number of ether oxygens (including phenoxy) is 1. The predicted molar refractivity (Wildman–Crippen MR) is 76.6 cm³/mol. The first-order valence-electron chi connectivity index (χ1n) is 6.46. The van der Waals surface area contributed by atoms with E-state index in [1.165, 1.54) is 0 Å². The van der Waals surface area contributed by atoms with Gasteiger partial charge in [0, 0.05) is 28.6 Å². The second kappa shape index (κ2) is 6.76. The number of nitrogens with one attached hydrogen (secondary N) is 1. The average Bonchev–Trinajstić information content (AvgIpc) is 2.36. The van der Waals surface area contributed by atoms with Gasteiger partial charge in [-0.05, 0) is 37.1 Å². The fourth-order valence-corrected chi connectivity index (χ4v) is 3.07. The summed E-state index contributed by atoms with van der Waals surface area (Å²) in [7, 11) is 0. The minimum atomic E-state index is 0.441. The molecule has 100 valence electrons. The molecule has 0 aliphatic carbocycles. The van der Waals surface area contributed by atoms with Gasteiger partial charge in [0.1, 0.15) is 0 Å². The fourth-order valence-electron chi connectivity index (χ4n) is 2.52. The predicted octanol–water partition coefficient (Wildman–Crippen LogP) is 3.55. The summed E-state index contributed by atoms with van der Waals surface area (Å²) in [6.45, 7) is 4.73. The molecule has 1 aromatic rings. The van der Waals surface area contributed by atoms with E-state index in [1.54, 1.807) is 0 Å². The molecule has 0 amide bonds. The zero-order chi connectivity index (χ0) is 13.0. The standard InChI is InChI=1S/C14H19Cl2NO/c1-2-17-14-6-7-18-9-10(14)8-11-12(15)4-3-5-13(11)16/h3-5,10,14,17H,2,6-9H2,1H3/t10-,14+/m1/s1. The molecular weight excluding hydrogens is 269 g/mol. The Balaban J connectivity index is 2.11. The molecule has 0 saturated carbocycles. The maximum Gasteiger partial charge on any atom is 0.0512 e. The molecule has 1 aliphatic rings. The molecular formula is C14H19Cl2NO. The molecule has 0 aromatic heterocycles. The summed E-state index contributed by atoms with van der Waals surface area (Å²) in [5.74, 6) is 0.441. The Morgan fingerprint density at radius 1 is 1.33 bits per heavy atom. The fraction of sp³-hybridized carbons (Fsp3) is 0.571. The van der Waals surface area contributed by atoms with Crippen LogP contribution in [0.5, 0.6) is 0 Å². The molecule has 1 aliphatic heterocycles. The van der Waals surface area contributed by atoms with Crippen LogP contribution in [-0.4, -0.2) is 25.8 Å². The lowest BCUT2D eigenvalue weighted by molar-refractivity contribution is 0.0327. The van der Waals surface area contributed by atoms with Gasteiger partial charge in [0.05, 0.1) is 6.61 Å². The molecule has 1 N–H and O–H groups in total. The zero-order valence-corrected chi connectivity index (χ0v) is 12.1. The summed E-state index contributed by atoms with van der Waals surface area (Å²) in [4.78, 5) is 0. The number of hydrogen-bond donors (Lipinski definition) is 1. The summed E-state index contributed by atoms with van der Waals surface area (Å²) in [5.41, 5.74) is 1.04. The van der Waals surface area contributed by atoms with Crippen molar-refractivity contribution in [2.75, 3.05) is 19.8 Å². The highest BCUT2D eigenvalue weighted by atomic mass is 35.5. The Kier molecular flexibility index (Phi) is 5.31. The van der Waals surface area contributed by atoms with Crippen LogP contribution in [-0.2, 0) is 11.2 Å². The SMILES string of the molecule is CCN[C@H]1CCOC[C@H]1Cc1c(Cl)cccc1Cl. The van der Waals surface area contributed by atoms with E-state index in [-0.39, 0.29) is 0 Å². The van der Waals surface area contributed by atoms with Crippen LogP contribution in [0, 0.1) is 5.92 Å². The third-order valence-corrected chi connectivity index (χ3v) is 4.18. The van der Waals surface area contributed by atoms with E-state index in [0.29, 0.717) is 12.0 Å². The highest BCUT2D eigenvalue weighted by Crippen LogP contribution is 2.29. The first kappa shape index (κ1) is 14.1. The molecule has 1 fully saturated rings. The number of hydrogen-bond acceptors (Lipinski definition) is 2. The van der Waals surface area contributed by atoms with Crippen LogP contribution < -0.4 is 5.32 Å². The van der Waals surface area contributed by atoms with Crippen molar-refractivity contribution in [3.05, 3.63) is 33.8 Å². The van der Waals surface area contributed by atoms with E-state index < -0.39 is 0 Å². The van der Waals surface area contributed by atoms with Crippen molar-refractivity contribution < 1.29 is 4.74 Å². The smallest absolute Gasteiger partial charge is 0.0512 e. The second-order valence-electron chi connectivity index (χ2n) is 4.69. The summed E-state index contributed by atoms with van der Waals surface area (Å²) >= 11 is 12.5. The monoisotopic (exact) mass is 287 g/mol. The summed E-state index contributed by atoms with van der Waals surface area (Å²) in [5, 5.41) is 5.03. The van der Waals surface area contributed by atoms with Gasteiger partial charge >= 0.3 is 0 Å². The lowest BCUT2D eigenvalue weighted by atomic mass is 9.89. The molecule has 2 rings (SSSR count). The molecule has 0 unspecified atom stereocenters. The third kappa shape index (κ3) is 3.39. The quantitative estimate of drug-likeness (QED) is 0.914. The van der Waals surface area contributed by atoms with Crippen LogP contribution in [0.1, 0.15) is 18.9 Å². The summed E-state index contributed by atoms with van der Waals surface area (Å²) in [6, 6.07) is 6.17. The van der Waals surface area contributed by atoms with Gasteiger partial charge in [-0.3, -0.25) is 0 Å². The first-order valence-corrected chi connectivity index (χ1v) is 7.22. The zero-order valence-electron chi connectivity index (χ0n) is 10.6. The van der Waals surface area contributed by atoms with Crippen LogP contribution in [0.3, 0.4) is 0 Å². The van der Waals surface area contributed by atoms with Gasteiger partial charge in [-0.15, -0.1) is 0 Å². The molecule has 4 heteroatoms. The van der Waals surface area contributed by atoms with E-state index in [2.05, 4.69) is 12.2 Å². The van der Waals surface area contributed by atoms with Crippen molar-refractivity contribution in [3.8, 4) is 0 Å². The lowest BCUT2D eigenvalue weighted by Crippen LogP contribution is -2.43. The topological polar surface area (TPSA) is 21.3 Å². The maximum atomic E-state index is 6.23. The van der Waals surface area contributed by atoms with E-state index in [1.807, 2.05) is 18.2 Å². The largest absolute Gasteiger partial charge is 0.381 e. The summed E-state index contributed by atoms with van der Waals surface area (Å²) < 4.78 is 5.58. The van der Waals surface area contributed by atoms with Crippen molar-refractivity contribution in [1.29, 1.82) is 0 Å². The molecule has 0 radical (unpaired) electrons. The van der Waals surface area contributed by atoms with Crippen molar-refractivity contribution >= 4 is 23.2 Å². The van der Waals surface area contributed by atoms with E-state index in [4.69, 9.17) is 27.9 Å². The number of halogens is 2. The summed E-state index contributed by atoms with van der Waals surface area (Å²) in [6.07, 6.45) is 1.93. The molecule has 1 aromatic carbocycles. The highest BCUT2D eigenvalue weighted by molar-refractivity contribution is 6.35. The van der Waals surface area contributed by atoms with E-state index in [9.17, 15) is 0 Å². The maximum absolute atomic E-state index is 6.23. The number of benzene rings is 1. The lowest BCUT2D eigenvalue weighted by Gasteiger charge is -2.32.